The van der Waals surface area contributed by atoms with Crippen LogP contribution in [-0.4, -0.2) is 48.9 Å². The van der Waals surface area contributed by atoms with Crippen LogP contribution >= 0.6 is 0 Å². The molecule has 1 aliphatic rings. The van der Waals surface area contributed by atoms with Crippen molar-refractivity contribution in [3.05, 3.63) is 0 Å². The standard InChI is InChI=1S/C17H30N2O4/c1-5-6-10-23-14(20)11-18-15(21)13-8-7-9-19(12-13)16(22)17(2,3)4/h13H,5-12H2,1-4H3,(H,18,21). The van der Waals surface area contributed by atoms with Crippen molar-refractivity contribution in [3.63, 3.8) is 0 Å². The Morgan fingerprint density at radius 1 is 1.26 bits per heavy atom. The van der Waals surface area contributed by atoms with E-state index in [9.17, 15) is 14.4 Å². The molecule has 0 bridgehead atoms. The monoisotopic (exact) mass is 326 g/mol. The fourth-order valence-corrected chi connectivity index (χ4v) is 2.53. The number of carbonyl (C=O) groups excluding carboxylic acids is 3. The zero-order valence-corrected chi connectivity index (χ0v) is 14.8. The Balaban J connectivity index is 2.41. The van der Waals surface area contributed by atoms with E-state index in [1.54, 1.807) is 4.90 Å². The summed E-state index contributed by atoms with van der Waals surface area (Å²) in [5, 5.41) is 2.63. The first-order valence-corrected chi connectivity index (χ1v) is 8.48. The lowest BCUT2D eigenvalue weighted by molar-refractivity contribution is -0.146. The van der Waals surface area contributed by atoms with E-state index in [2.05, 4.69) is 5.32 Å². The molecule has 0 aromatic carbocycles. The largest absolute Gasteiger partial charge is 0.464 e. The summed E-state index contributed by atoms with van der Waals surface area (Å²) in [6.07, 6.45) is 3.33. The maximum Gasteiger partial charge on any atom is 0.325 e. The van der Waals surface area contributed by atoms with Crippen LogP contribution in [0.2, 0.25) is 0 Å². The molecule has 1 rings (SSSR count). The second-order valence-corrected chi connectivity index (χ2v) is 7.13. The predicted molar refractivity (Wildman–Crippen MR) is 87.6 cm³/mol. The van der Waals surface area contributed by atoms with Crippen LogP contribution in [0.3, 0.4) is 0 Å². The summed E-state index contributed by atoms with van der Waals surface area (Å²) in [6, 6.07) is 0. The molecular weight excluding hydrogens is 296 g/mol. The van der Waals surface area contributed by atoms with Gasteiger partial charge < -0.3 is 15.0 Å². The van der Waals surface area contributed by atoms with E-state index in [4.69, 9.17) is 4.74 Å². The van der Waals surface area contributed by atoms with E-state index in [1.165, 1.54) is 0 Å². The van der Waals surface area contributed by atoms with Crippen molar-refractivity contribution in [3.8, 4) is 0 Å². The fraction of sp³-hybridized carbons (Fsp3) is 0.824. The average Bonchev–Trinajstić information content (AvgIpc) is 2.51. The lowest BCUT2D eigenvalue weighted by Gasteiger charge is -2.35. The van der Waals surface area contributed by atoms with Gasteiger partial charge in [0, 0.05) is 18.5 Å². The van der Waals surface area contributed by atoms with Crippen LogP contribution in [0, 0.1) is 11.3 Å². The van der Waals surface area contributed by atoms with Gasteiger partial charge in [-0.3, -0.25) is 14.4 Å². The number of esters is 1. The number of likely N-dealkylation sites (tertiary alicyclic amines) is 1. The van der Waals surface area contributed by atoms with Crippen LogP contribution in [0.1, 0.15) is 53.4 Å². The molecule has 23 heavy (non-hydrogen) atoms. The molecule has 6 nitrogen and oxygen atoms in total. The van der Waals surface area contributed by atoms with E-state index in [0.29, 0.717) is 19.7 Å². The highest BCUT2D eigenvalue weighted by Crippen LogP contribution is 2.23. The molecule has 1 saturated heterocycles. The number of amides is 2. The topological polar surface area (TPSA) is 75.7 Å². The first-order valence-electron chi connectivity index (χ1n) is 8.48. The minimum Gasteiger partial charge on any atom is -0.464 e. The van der Waals surface area contributed by atoms with Gasteiger partial charge >= 0.3 is 5.97 Å². The van der Waals surface area contributed by atoms with Crippen molar-refractivity contribution < 1.29 is 19.1 Å². The lowest BCUT2D eigenvalue weighted by atomic mass is 9.91. The summed E-state index contributed by atoms with van der Waals surface area (Å²) in [6.45, 7) is 9.06. The third-order valence-electron chi connectivity index (χ3n) is 3.89. The van der Waals surface area contributed by atoms with Crippen LogP contribution < -0.4 is 5.32 Å². The van der Waals surface area contributed by atoms with Gasteiger partial charge in [0.2, 0.25) is 11.8 Å². The molecule has 1 unspecified atom stereocenters. The molecule has 0 aromatic rings. The second kappa shape index (κ2) is 8.89. The third-order valence-corrected chi connectivity index (χ3v) is 3.89. The zero-order valence-electron chi connectivity index (χ0n) is 14.8. The number of hydrogen-bond donors (Lipinski definition) is 1. The van der Waals surface area contributed by atoms with Gasteiger partial charge in [0.1, 0.15) is 6.54 Å². The van der Waals surface area contributed by atoms with Gasteiger partial charge in [-0.15, -0.1) is 0 Å². The SMILES string of the molecule is CCCCOC(=O)CNC(=O)C1CCCN(C(=O)C(C)(C)C)C1. The highest BCUT2D eigenvalue weighted by Gasteiger charge is 2.33. The number of unbranched alkanes of at least 4 members (excludes halogenated alkanes) is 1. The molecule has 0 saturated carbocycles. The first-order chi connectivity index (χ1) is 10.8. The van der Waals surface area contributed by atoms with Gasteiger partial charge in [0.15, 0.2) is 0 Å². The van der Waals surface area contributed by atoms with Crippen LogP contribution in [0.4, 0.5) is 0 Å². The number of carbonyl (C=O) groups is 3. The second-order valence-electron chi connectivity index (χ2n) is 7.13. The van der Waals surface area contributed by atoms with Crippen molar-refractivity contribution in [2.45, 2.75) is 53.4 Å². The highest BCUT2D eigenvalue weighted by molar-refractivity contribution is 5.85. The van der Waals surface area contributed by atoms with Gasteiger partial charge in [-0.05, 0) is 19.3 Å². The highest BCUT2D eigenvalue weighted by atomic mass is 16.5. The van der Waals surface area contributed by atoms with Crippen molar-refractivity contribution >= 4 is 17.8 Å². The van der Waals surface area contributed by atoms with E-state index >= 15 is 0 Å². The molecule has 0 aliphatic carbocycles. The van der Waals surface area contributed by atoms with Crippen LogP contribution in [0.15, 0.2) is 0 Å². The van der Waals surface area contributed by atoms with Crippen molar-refractivity contribution in [2.75, 3.05) is 26.2 Å². The van der Waals surface area contributed by atoms with Crippen molar-refractivity contribution in [2.24, 2.45) is 11.3 Å². The third kappa shape index (κ3) is 6.59. The number of hydrogen-bond acceptors (Lipinski definition) is 4. The number of nitrogens with zero attached hydrogens (tertiary/aromatic N) is 1. The molecule has 1 heterocycles. The van der Waals surface area contributed by atoms with Crippen LogP contribution in [-0.2, 0) is 19.1 Å². The quantitative estimate of drug-likeness (QED) is 0.596. The van der Waals surface area contributed by atoms with Crippen molar-refractivity contribution in [1.82, 2.24) is 10.2 Å². The molecular formula is C17H30N2O4. The van der Waals surface area contributed by atoms with Gasteiger partial charge in [-0.1, -0.05) is 34.1 Å². The minimum atomic E-state index is -0.443. The summed E-state index contributed by atoms with van der Waals surface area (Å²) >= 11 is 0. The summed E-state index contributed by atoms with van der Waals surface area (Å²) in [7, 11) is 0. The molecule has 2 amide bonds. The number of rotatable bonds is 6. The van der Waals surface area contributed by atoms with E-state index in [1.807, 2.05) is 27.7 Å². The van der Waals surface area contributed by atoms with E-state index < -0.39 is 11.4 Å². The molecule has 0 aromatic heterocycles. The molecule has 6 heteroatoms. The maximum atomic E-state index is 12.3. The molecule has 1 N–H and O–H groups in total. The Bertz CT molecular complexity index is 429. The summed E-state index contributed by atoms with van der Waals surface area (Å²) in [5.74, 6) is -0.776. The summed E-state index contributed by atoms with van der Waals surface area (Å²) in [4.78, 5) is 37.8. The molecule has 0 spiro atoms. The first kappa shape index (κ1) is 19.5. The van der Waals surface area contributed by atoms with E-state index in [-0.39, 0.29) is 24.3 Å². The molecule has 1 fully saturated rings. The Morgan fingerprint density at radius 2 is 1.96 bits per heavy atom. The molecule has 132 valence electrons. The molecule has 0 radical (unpaired) electrons. The maximum absolute atomic E-state index is 12.3. The Morgan fingerprint density at radius 3 is 2.57 bits per heavy atom. The van der Waals surface area contributed by atoms with Crippen molar-refractivity contribution in [1.29, 1.82) is 0 Å². The van der Waals surface area contributed by atoms with E-state index in [0.717, 1.165) is 25.7 Å². The smallest absolute Gasteiger partial charge is 0.325 e. The normalized spacial score (nSPS) is 18.4. The Kier molecular flexibility index (Phi) is 7.52. The van der Waals surface area contributed by atoms with Crippen LogP contribution in [0.25, 0.3) is 0 Å². The average molecular weight is 326 g/mol. The summed E-state index contributed by atoms with van der Waals surface area (Å²) < 4.78 is 5.01. The minimum absolute atomic E-state index is 0.0639. The summed E-state index contributed by atoms with van der Waals surface area (Å²) in [5.41, 5.74) is -0.443. The van der Waals surface area contributed by atoms with Gasteiger partial charge in [-0.25, -0.2) is 0 Å². The number of ether oxygens (including phenoxy) is 1. The fourth-order valence-electron chi connectivity index (χ4n) is 2.53. The van der Waals surface area contributed by atoms with Gasteiger partial charge in [0.05, 0.1) is 12.5 Å². The lowest BCUT2D eigenvalue weighted by Crippen LogP contribution is -2.49. The Labute approximate surface area is 138 Å². The predicted octanol–water partition coefficient (Wildman–Crippen LogP) is 1.73. The molecule has 1 aliphatic heterocycles. The Hall–Kier alpha value is -1.59. The van der Waals surface area contributed by atoms with Gasteiger partial charge in [-0.2, -0.15) is 0 Å². The number of nitrogens with one attached hydrogen (secondary N) is 1. The van der Waals surface area contributed by atoms with Gasteiger partial charge in [0.25, 0.3) is 0 Å². The zero-order chi connectivity index (χ0) is 17.5. The number of piperidine rings is 1. The molecule has 1 atom stereocenters. The van der Waals surface area contributed by atoms with Crippen LogP contribution in [0.5, 0.6) is 0 Å².